The second kappa shape index (κ2) is 7.32. The topological polar surface area (TPSA) is 78.9 Å². The lowest BCUT2D eigenvalue weighted by Crippen LogP contribution is -2.29. The number of carbonyl (C=O) groups excluding carboxylic acids is 1. The molecule has 0 saturated heterocycles. The van der Waals surface area contributed by atoms with Crippen molar-refractivity contribution in [2.45, 2.75) is 24.8 Å². The predicted molar refractivity (Wildman–Crippen MR) is 74.7 cm³/mol. The quantitative estimate of drug-likeness (QED) is 0.319. The van der Waals surface area contributed by atoms with Gasteiger partial charge in [-0.2, -0.15) is 21.6 Å². The SMILES string of the molecule is O=C1OC(OS(=O)(=O)C(F)(F)F)C=C1CCOCc1ccccc1. The summed E-state index contributed by atoms with van der Waals surface area (Å²) in [6.07, 6.45) is -0.983. The first-order valence-corrected chi connectivity index (χ1v) is 8.13. The first kappa shape index (κ1) is 18.4. The number of carbonyl (C=O) groups is 1. The Balaban J connectivity index is 1.84. The third-order valence-corrected chi connectivity index (χ3v) is 3.96. The summed E-state index contributed by atoms with van der Waals surface area (Å²) in [6.45, 7) is 0.403. The van der Waals surface area contributed by atoms with E-state index < -0.39 is 27.9 Å². The number of alkyl halides is 3. The molecule has 10 heteroatoms. The van der Waals surface area contributed by atoms with Gasteiger partial charge in [0, 0.05) is 12.0 Å². The lowest BCUT2D eigenvalue weighted by molar-refractivity contribution is -0.150. The molecule has 1 heterocycles. The summed E-state index contributed by atoms with van der Waals surface area (Å²) in [6, 6.07) is 9.19. The van der Waals surface area contributed by atoms with Crippen LogP contribution >= 0.6 is 0 Å². The van der Waals surface area contributed by atoms with E-state index in [0.717, 1.165) is 11.6 Å². The molecule has 1 unspecified atom stereocenters. The molecule has 0 amide bonds. The van der Waals surface area contributed by atoms with Crippen LogP contribution < -0.4 is 0 Å². The maximum atomic E-state index is 12.2. The summed E-state index contributed by atoms with van der Waals surface area (Å²) >= 11 is 0. The van der Waals surface area contributed by atoms with Crippen LogP contribution in [0.5, 0.6) is 0 Å². The Kier molecular flexibility index (Phi) is 5.62. The van der Waals surface area contributed by atoms with Crippen molar-refractivity contribution >= 4 is 16.1 Å². The van der Waals surface area contributed by atoms with Crippen LogP contribution in [0, 0.1) is 0 Å². The van der Waals surface area contributed by atoms with Crippen molar-refractivity contribution in [2.24, 2.45) is 0 Å². The van der Waals surface area contributed by atoms with E-state index >= 15 is 0 Å². The molecule has 2 rings (SSSR count). The minimum Gasteiger partial charge on any atom is -0.427 e. The van der Waals surface area contributed by atoms with E-state index in [4.69, 9.17) is 4.74 Å². The molecule has 1 aliphatic heterocycles. The third kappa shape index (κ3) is 4.79. The van der Waals surface area contributed by atoms with Crippen molar-refractivity contribution < 1.29 is 40.0 Å². The zero-order valence-corrected chi connectivity index (χ0v) is 13.0. The zero-order valence-electron chi connectivity index (χ0n) is 12.2. The molecule has 24 heavy (non-hydrogen) atoms. The minimum absolute atomic E-state index is 0.00886. The minimum atomic E-state index is -5.84. The molecule has 0 aliphatic carbocycles. The average Bonchev–Trinajstić information content (AvgIpc) is 2.82. The van der Waals surface area contributed by atoms with Gasteiger partial charge in [0.05, 0.1) is 13.2 Å². The molecule has 1 aromatic rings. The van der Waals surface area contributed by atoms with Gasteiger partial charge in [-0.05, 0) is 11.6 Å². The van der Waals surface area contributed by atoms with Crippen LogP contribution in [-0.2, 0) is 35.2 Å². The molecule has 0 spiro atoms. The monoisotopic (exact) mass is 366 g/mol. The second-order valence-electron chi connectivity index (χ2n) is 4.75. The highest BCUT2D eigenvalue weighted by Crippen LogP contribution is 2.28. The molecule has 6 nitrogen and oxygen atoms in total. The fourth-order valence-corrected chi connectivity index (χ4v) is 2.26. The number of ether oxygens (including phenoxy) is 2. The standard InChI is InChI=1S/C14H13F3O6S/c15-14(16,17)24(19,20)23-12-8-11(13(18)22-12)6-7-21-9-10-4-2-1-3-5-10/h1-5,8,12H,6-7,9H2. The average molecular weight is 366 g/mol. The Morgan fingerprint density at radius 1 is 1.17 bits per heavy atom. The molecule has 0 aromatic heterocycles. The second-order valence-corrected chi connectivity index (χ2v) is 6.31. The van der Waals surface area contributed by atoms with Gasteiger partial charge >= 0.3 is 21.6 Å². The van der Waals surface area contributed by atoms with Crippen molar-refractivity contribution in [3.63, 3.8) is 0 Å². The van der Waals surface area contributed by atoms with Crippen LogP contribution in [0.2, 0.25) is 0 Å². The van der Waals surface area contributed by atoms with Crippen LogP contribution in [-0.4, -0.2) is 32.8 Å². The summed E-state index contributed by atoms with van der Waals surface area (Å²) in [7, 11) is -5.84. The molecule has 132 valence electrons. The van der Waals surface area contributed by atoms with Gasteiger partial charge in [0.15, 0.2) is 0 Å². The summed E-state index contributed by atoms with van der Waals surface area (Å²) < 4.78 is 71.9. The van der Waals surface area contributed by atoms with Crippen molar-refractivity contribution in [1.82, 2.24) is 0 Å². The largest absolute Gasteiger partial charge is 0.523 e. The predicted octanol–water partition coefficient (Wildman–Crippen LogP) is 2.27. The lowest BCUT2D eigenvalue weighted by Gasteiger charge is -2.11. The highest BCUT2D eigenvalue weighted by Gasteiger charge is 2.49. The molecule has 0 fully saturated rings. The molecule has 0 N–H and O–H groups in total. The number of halogens is 3. The first-order valence-electron chi connectivity index (χ1n) is 6.72. The summed E-state index contributed by atoms with van der Waals surface area (Å²) in [4.78, 5) is 11.5. The van der Waals surface area contributed by atoms with Crippen LogP contribution in [0.25, 0.3) is 0 Å². The van der Waals surface area contributed by atoms with Gasteiger partial charge in [-0.1, -0.05) is 30.3 Å². The highest BCUT2D eigenvalue weighted by atomic mass is 32.2. The Bertz CT molecular complexity index is 712. The van der Waals surface area contributed by atoms with E-state index in [-0.39, 0.29) is 18.6 Å². The van der Waals surface area contributed by atoms with Gasteiger partial charge in [-0.15, -0.1) is 0 Å². The smallest absolute Gasteiger partial charge is 0.427 e. The number of rotatable bonds is 7. The number of cyclic esters (lactones) is 1. The third-order valence-electron chi connectivity index (χ3n) is 2.95. The van der Waals surface area contributed by atoms with Crippen molar-refractivity contribution in [1.29, 1.82) is 0 Å². The van der Waals surface area contributed by atoms with Crippen molar-refractivity contribution in [2.75, 3.05) is 6.61 Å². The molecule has 1 aromatic carbocycles. The molecule has 0 bridgehead atoms. The molecule has 0 radical (unpaired) electrons. The van der Waals surface area contributed by atoms with E-state index in [1.807, 2.05) is 30.3 Å². The van der Waals surface area contributed by atoms with Crippen LogP contribution in [0.3, 0.4) is 0 Å². The lowest BCUT2D eigenvalue weighted by atomic mass is 10.2. The van der Waals surface area contributed by atoms with Gasteiger partial charge in [0.2, 0.25) is 6.29 Å². The first-order chi connectivity index (χ1) is 11.2. The number of hydrogen-bond donors (Lipinski definition) is 0. The van der Waals surface area contributed by atoms with Crippen LogP contribution in [0.15, 0.2) is 42.0 Å². The van der Waals surface area contributed by atoms with E-state index in [0.29, 0.717) is 6.61 Å². The number of hydrogen-bond acceptors (Lipinski definition) is 6. The van der Waals surface area contributed by atoms with Gasteiger partial charge < -0.3 is 9.47 Å². The number of esters is 1. The Hall–Kier alpha value is -1.91. The van der Waals surface area contributed by atoms with Gasteiger partial charge in [0.1, 0.15) is 0 Å². The van der Waals surface area contributed by atoms with Crippen molar-refractivity contribution in [3.05, 3.63) is 47.5 Å². The van der Waals surface area contributed by atoms with Crippen molar-refractivity contribution in [3.8, 4) is 0 Å². The highest BCUT2D eigenvalue weighted by molar-refractivity contribution is 7.87. The summed E-state index contributed by atoms with van der Waals surface area (Å²) in [5, 5.41) is 0. The maximum Gasteiger partial charge on any atom is 0.523 e. The normalized spacial score (nSPS) is 18.4. The summed E-state index contributed by atoms with van der Waals surface area (Å²) in [5.74, 6) is -0.944. The fourth-order valence-electron chi connectivity index (χ4n) is 1.81. The Morgan fingerprint density at radius 3 is 2.46 bits per heavy atom. The van der Waals surface area contributed by atoms with E-state index in [1.54, 1.807) is 0 Å². The van der Waals surface area contributed by atoms with E-state index in [1.165, 1.54) is 0 Å². The summed E-state index contributed by atoms with van der Waals surface area (Å²) in [5.41, 5.74) is -4.68. The Labute approximate surface area is 135 Å². The molecule has 0 saturated carbocycles. The number of benzene rings is 1. The zero-order chi connectivity index (χ0) is 17.8. The van der Waals surface area contributed by atoms with E-state index in [2.05, 4.69) is 8.92 Å². The Morgan fingerprint density at radius 2 is 1.83 bits per heavy atom. The fraction of sp³-hybridized carbons (Fsp3) is 0.357. The molecular formula is C14H13F3O6S. The van der Waals surface area contributed by atoms with Gasteiger partial charge in [-0.25, -0.2) is 8.98 Å². The van der Waals surface area contributed by atoms with Gasteiger partial charge in [-0.3, -0.25) is 0 Å². The van der Waals surface area contributed by atoms with E-state index in [9.17, 15) is 26.4 Å². The molecule has 1 aliphatic rings. The van der Waals surface area contributed by atoms with Crippen LogP contribution in [0.4, 0.5) is 13.2 Å². The maximum absolute atomic E-state index is 12.2. The molecular weight excluding hydrogens is 353 g/mol. The van der Waals surface area contributed by atoms with Crippen LogP contribution in [0.1, 0.15) is 12.0 Å². The van der Waals surface area contributed by atoms with Gasteiger partial charge in [0.25, 0.3) is 0 Å². The molecule has 1 atom stereocenters.